The summed E-state index contributed by atoms with van der Waals surface area (Å²) < 4.78 is 44.7. The van der Waals surface area contributed by atoms with Crippen LogP contribution in [0.1, 0.15) is 5.56 Å². The van der Waals surface area contributed by atoms with E-state index in [1.165, 1.54) is 4.90 Å². The number of amides is 1. The molecule has 0 bridgehead atoms. The number of carboxylic acid groups (broad SMARTS) is 1. The number of alkyl halides is 3. The molecule has 1 fully saturated rings. The molecule has 1 aromatic rings. The molecule has 11 heteroatoms. The maximum absolute atomic E-state index is 13.2. The fourth-order valence-corrected chi connectivity index (χ4v) is 2.24. The number of ether oxygens (including phenoxy) is 1. The number of benzene rings is 1. The Morgan fingerprint density at radius 2 is 1.96 bits per heavy atom. The third-order valence-electron chi connectivity index (χ3n) is 3.21. The standard InChI is InChI=1S/C12H12F3N3O5/c13-12(14,15)7-5-10(18(21)22)8(16-11(19)20)6-9(7)17-1-3-23-4-2-17/h5-6,16H,1-4H2,(H,19,20). The van der Waals surface area contributed by atoms with Crippen molar-refractivity contribution in [2.45, 2.75) is 6.18 Å². The highest BCUT2D eigenvalue weighted by atomic mass is 19.4. The largest absolute Gasteiger partial charge is 0.465 e. The number of hydrogen-bond acceptors (Lipinski definition) is 5. The van der Waals surface area contributed by atoms with E-state index < -0.39 is 34.1 Å². The Labute approximate surface area is 127 Å². The number of nitro groups is 1. The topological polar surface area (TPSA) is 105 Å². The van der Waals surface area contributed by atoms with E-state index >= 15 is 0 Å². The van der Waals surface area contributed by atoms with Gasteiger partial charge in [-0.1, -0.05) is 0 Å². The summed E-state index contributed by atoms with van der Waals surface area (Å²) >= 11 is 0. The van der Waals surface area contributed by atoms with Gasteiger partial charge in [-0.25, -0.2) is 4.79 Å². The summed E-state index contributed by atoms with van der Waals surface area (Å²) in [6, 6.07) is 1.18. The number of halogens is 3. The number of morpholine rings is 1. The Morgan fingerprint density at radius 3 is 2.43 bits per heavy atom. The minimum atomic E-state index is -4.82. The zero-order chi connectivity index (χ0) is 17.2. The van der Waals surface area contributed by atoms with E-state index in [0.717, 1.165) is 6.07 Å². The molecule has 126 valence electrons. The van der Waals surface area contributed by atoms with Gasteiger partial charge in [-0.3, -0.25) is 15.4 Å². The lowest BCUT2D eigenvalue weighted by Crippen LogP contribution is -2.37. The summed E-state index contributed by atoms with van der Waals surface area (Å²) in [5.41, 5.74) is -2.99. The summed E-state index contributed by atoms with van der Waals surface area (Å²) in [6.45, 7) is 0.729. The van der Waals surface area contributed by atoms with Crippen molar-refractivity contribution >= 4 is 23.2 Å². The minimum Gasteiger partial charge on any atom is -0.465 e. The fraction of sp³-hybridized carbons (Fsp3) is 0.417. The van der Waals surface area contributed by atoms with Gasteiger partial charge in [-0.15, -0.1) is 0 Å². The number of rotatable bonds is 3. The summed E-state index contributed by atoms with van der Waals surface area (Å²) in [6.07, 6.45) is -6.43. The Balaban J connectivity index is 2.60. The molecule has 0 unspecified atom stereocenters. The Hall–Kier alpha value is -2.56. The molecule has 1 amide bonds. The first-order chi connectivity index (χ1) is 10.7. The summed E-state index contributed by atoms with van der Waals surface area (Å²) in [5, 5.41) is 21.4. The molecule has 0 spiro atoms. The van der Waals surface area contributed by atoms with Crippen molar-refractivity contribution in [3.63, 3.8) is 0 Å². The van der Waals surface area contributed by atoms with Gasteiger partial charge in [0.25, 0.3) is 5.69 Å². The van der Waals surface area contributed by atoms with Gasteiger partial charge in [-0.2, -0.15) is 13.2 Å². The van der Waals surface area contributed by atoms with Gasteiger partial charge in [0.1, 0.15) is 5.69 Å². The average molecular weight is 335 g/mol. The number of nitro benzene ring substituents is 1. The fourth-order valence-electron chi connectivity index (χ4n) is 2.24. The van der Waals surface area contributed by atoms with Gasteiger partial charge in [-0.05, 0) is 6.07 Å². The predicted molar refractivity (Wildman–Crippen MR) is 72.8 cm³/mol. The lowest BCUT2D eigenvalue weighted by Gasteiger charge is -2.31. The first-order valence-corrected chi connectivity index (χ1v) is 6.42. The molecule has 23 heavy (non-hydrogen) atoms. The van der Waals surface area contributed by atoms with Gasteiger partial charge in [0.05, 0.1) is 29.4 Å². The number of hydrogen-bond donors (Lipinski definition) is 2. The highest BCUT2D eigenvalue weighted by Crippen LogP contribution is 2.42. The van der Waals surface area contributed by atoms with Crippen LogP contribution in [0.5, 0.6) is 0 Å². The number of nitrogens with zero attached hydrogens (tertiary/aromatic N) is 2. The van der Waals surface area contributed by atoms with Crippen LogP contribution in [-0.2, 0) is 10.9 Å². The van der Waals surface area contributed by atoms with Crippen LogP contribution < -0.4 is 10.2 Å². The number of anilines is 2. The third-order valence-corrected chi connectivity index (χ3v) is 3.21. The molecule has 0 aliphatic carbocycles. The molecule has 1 heterocycles. The lowest BCUT2D eigenvalue weighted by atomic mass is 10.1. The highest BCUT2D eigenvalue weighted by Gasteiger charge is 2.38. The SMILES string of the molecule is O=C(O)Nc1cc(N2CCOCC2)c(C(F)(F)F)cc1[N+](=O)[O-]. The molecule has 1 aromatic carbocycles. The monoisotopic (exact) mass is 335 g/mol. The highest BCUT2D eigenvalue weighted by molar-refractivity contribution is 5.88. The molecular weight excluding hydrogens is 323 g/mol. The van der Waals surface area contributed by atoms with E-state index in [2.05, 4.69) is 0 Å². The van der Waals surface area contributed by atoms with Crippen molar-refractivity contribution in [1.29, 1.82) is 0 Å². The van der Waals surface area contributed by atoms with Crippen LogP contribution in [0.3, 0.4) is 0 Å². The van der Waals surface area contributed by atoms with Crippen molar-refractivity contribution in [3.8, 4) is 0 Å². The van der Waals surface area contributed by atoms with Crippen LogP contribution in [0.25, 0.3) is 0 Å². The lowest BCUT2D eigenvalue weighted by molar-refractivity contribution is -0.384. The molecule has 1 aliphatic rings. The molecule has 0 aromatic heterocycles. The molecule has 2 N–H and O–H groups in total. The third kappa shape index (κ3) is 3.80. The van der Waals surface area contributed by atoms with Crippen molar-refractivity contribution in [2.75, 3.05) is 36.5 Å². The maximum Gasteiger partial charge on any atom is 0.418 e. The number of carbonyl (C=O) groups is 1. The van der Waals surface area contributed by atoms with Gasteiger partial charge < -0.3 is 14.7 Å². The summed E-state index contributed by atoms with van der Waals surface area (Å²) in [4.78, 5) is 21.9. The van der Waals surface area contributed by atoms with Crippen LogP contribution in [0.15, 0.2) is 12.1 Å². The predicted octanol–water partition coefficient (Wildman–Crippen LogP) is 2.54. The van der Waals surface area contributed by atoms with Crippen molar-refractivity contribution in [2.24, 2.45) is 0 Å². The first kappa shape index (κ1) is 16.8. The molecule has 8 nitrogen and oxygen atoms in total. The Kier molecular flexibility index (Phi) is 4.59. The van der Waals surface area contributed by atoms with Crippen LogP contribution in [0.2, 0.25) is 0 Å². The Morgan fingerprint density at radius 1 is 1.35 bits per heavy atom. The molecule has 0 saturated carbocycles. The first-order valence-electron chi connectivity index (χ1n) is 6.42. The molecule has 2 rings (SSSR count). The molecule has 1 saturated heterocycles. The van der Waals surface area contributed by atoms with E-state index in [-0.39, 0.29) is 32.0 Å². The second kappa shape index (κ2) is 6.28. The minimum absolute atomic E-state index is 0.160. The van der Waals surface area contributed by atoms with E-state index in [0.29, 0.717) is 6.07 Å². The summed E-state index contributed by atoms with van der Waals surface area (Å²) in [7, 11) is 0. The van der Waals surface area contributed by atoms with Gasteiger partial charge in [0.2, 0.25) is 0 Å². The van der Waals surface area contributed by atoms with Crippen molar-refractivity contribution in [3.05, 3.63) is 27.8 Å². The van der Waals surface area contributed by atoms with Crippen molar-refractivity contribution < 1.29 is 32.7 Å². The van der Waals surface area contributed by atoms with Gasteiger partial charge in [0, 0.05) is 19.2 Å². The smallest absolute Gasteiger partial charge is 0.418 e. The number of nitrogens with one attached hydrogen (secondary N) is 1. The molecule has 1 aliphatic heterocycles. The quantitative estimate of drug-likeness (QED) is 0.650. The summed E-state index contributed by atoms with van der Waals surface area (Å²) in [5.74, 6) is 0. The normalized spacial score (nSPS) is 15.3. The zero-order valence-corrected chi connectivity index (χ0v) is 11.6. The molecule has 0 atom stereocenters. The van der Waals surface area contributed by atoms with Crippen LogP contribution >= 0.6 is 0 Å². The second-order valence-electron chi connectivity index (χ2n) is 4.67. The van der Waals surface area contributed by atoms with E-state index in [1.54, 1.807) is 5.32 Å². The van der Waals surface area contributed by atoms with Gasteiger partial charge >= 0.3 is 12.3 Å². The van der Waals surface area contributed by atoms with E-state index in [4.69, 9.17) is 9.84 Å². The van der Waals surface area contributed by atoms with Crippen molar-refractivity contribution in [1.82, 2.24) is 0 Å². The molecule has 0 radical (unpaired) electrons. The Bertz CT molecular complexity index is 629. The molecular formula is C12H12F3N3O5. The van der Waals surface area contributed by atoms with Gasteiger partial charge in [0.15, 0.2) is 0 Å². The average Bonchev–Trinajstić information content (AvgIpc) is 2.45. The zero-order valence-electron chi connectivity index (χ0n) is 11.6. The van der Waals surface area contributed by atoms with E-state index in [9.17, 15) is 28.1 Å². The van der Waals surface area contributed by atoms with Crippen LogP contribution in [0, 0.1) is 10.1 Å². The second-order valence-corrected chi connectivity index (χ2v) is 4.67. The maximum atomic E-state index is 13.2. The van der Waals surface area contributed by atoms with Crippen LogP contribution in [0.4, 0.5) is 35.0 Å². The van der Waals surface area contributed by atoms with Crippen LogP contribution in [-0.4, -0.2) is 42.4 Å². The van der Waals surface area contributed by atoms with E-state index in [1.807, 2.05) is 0 Å².